The van der Waals surface area contributed by atoms with E-state index in [4.69, 9.17) is 5.11 Å². The predicted molar refractivity (Wildman–Crippen MR) is 67.2 cm³/mol. The van der Waals surface area contributed by atoms with Crippen LogP contribution in [-0.2, 0) is 4.74 Å². The zero-order valence-corrected chi connectivity index (χ0v) is 10.6. The minimum absolute atomic E-state index is 0.0667. The Labute approximate surface area is 106 Å². The predicted octanol–water partition coefficient (Wildman–Crippen LogP) is 2.48. The van der Waals surface area contributed by atoms with Crippen LogP contribution in [0.25, 0.3) is 0 Å². The average Bonchev–Trinajstić information content (AvgIpc) is 2.32. The maximum absolute atomic E-state index is 13.3. The van der Waals surface area contributed by atoms with E-state index in [2.05, 4.69) is 4.74 Å². The third-order valence-electron chi connectivity index (χ3n) is 2.52. The molecule has 0 unspecified atom stereocenters. The molecule has 0 aliphatic rings. The van der Waals surface area contributed by atoms with Gasteiger partial charge in [-0.1, -0.05) is 0 Å². The Hall–Kier alpha value is -1.62. The van der Waals surface area contributed by atoms with Gasteiger partial charge in [0.15, 0.2) is 0 Å². The lowest BCUT2D eigenvalue weighted by Gasteiger charge is -2.21. The first-order chi connectivity index (χ1) is 8.58. The van der Waals surface area contributed by atoms with Crippen molar-refractivity contribution in [3.8, 4) is 0 Å². The summed E-state index contributed by atoms with van der Waals surface area (Å²) in [5, 5.41) is 8.74. The normalized spacial score (nSPS) is 10.2. The van der Waals surface area contributed by atoms with Crippen molar-refractivity contribution in [1.82, 2.24) is 0 Å². The molecule has 1 aromatic rings. The van der Waals surface area contributed by atoms with E-state index in [-0.39, 0.29) is 12.4 Å². The molecule has 0 radical (unpaired) electrons. The standard InChI is InChI=1S/C13H18FNO3/c1-10-7-11(14)9-12(8-10)15(13(17)18-2)5-3-4-6-16/h7-9,16H,3-6H2,1-2H3. The number of anilines is 1. The van der Waals surface area contributed by atoms with E-state index < -0.39 is 6.09 Å². The molecule has 1 N–H and O–H groups in total. The average molecular weight is 255 g/mol. The smallest absolute Gasteiger partial charge is 0.413 e. The maximum Gasteiger partial charge on any atom is 0.413 e. The molecule has 0 heterocycles. The Morgan fingerprint density at radius 3 is 2.67 bits per heavy atom. The summed E-state index contributed by atoms with van der Waals surface area (Å²) in [6, 6.07) is 4.41. The lowest BCUT2D eigenvalue weighted by atomic mass is 10.2. The van der Waals surface area contributed by atoms with E-state index in [0.717, 1.165) is 5.56 Å². The first-order valence-corrected chi connectivity index (χ1v) is 5.82. The lowest BCUT2D eigenvalue weighted by molar-refractivity contribution is 0.178. The van der Waals surface area contributed by atoms with Gasteiger partial charge in [-0.3, -0.25) is 4.90 Å². The molecule has 0 atom stereocenters. The highest BCUT2D eigenvalue weighted by Crippen LogP contribution is 2.19. The van der Waals surface area contributed by atoms with Gasteiger partial charge in [-0.25, -0.2) is 9.18 Å². The number of aryl methyl sites for hydroxylation is 1. The van der Waals surface area contributed by atoms with E-state index in [1.807, 2.05) is 0 Å². The molecule has 0 saturated carbocycles. The summed E-state index contributed by atoms with van der Waals surface area (Å²) < 4.78 is 18.0. The fourth-order valence-corrected chi connectivity index (χ4v) is 1.69. The van der Waals surface area contributed by atoms with Crippen LogP contribution >= 0.6 is 0 Å². The van der Waals surface area contributed by atoms with E-state index in [1.165, 1.54) is 24.1 Å². The highest BCUT2D eigenvalue weighted by Gasteiger charge is 2.16. The maximum atomic E-state index is 13.3. The van der Waals surface area contributed by atoms with Gasteiger partial charge in [0.1, 0.15) is 5.82 Å². The number of hydrogen-bond acceptors (Lipinski definition) is 3. The van der Waals surface area contributed by atoms with Crippen LogP contribution in [0.2, 0.25) is 0 Å². The number of carbonyl (C=O) groups excluding carboxylic acids is 1. The Morgan fingerprint density at radius 1 is 1.39 bits per heavy atom. The van der Waals surface area contributed by atoms with Crippen molar-refractivity contribution in [2.24, 2.45) is 0 Å². The summed E-state index contributed by atoms with van der Waals surface area (Å²) in [5.41, 5.74) is 1.21. The number of rotatable bonds is 5. The van der Waals surface area contributed by atoms with Gasteiger partial charge in [-0.05, 0) is 43.5 Å². The summed E-state index contributed by atoms with van der Waals surface area (Å²) in [7, 11) is 1.29. The number of carbonyl (C=O) groups is 1. The Morgan fingerprint density at radius 2 is 2.11 bits per heavy atom. The summed E-state index contributed by atoms with van der Waals surface area (Å²) in [6.45, 7) is 2.21. The number of nitrogens with zero attached hydrogens (tertiary/aromatic N) is 1. The van der Waals surface area contributed by atoms with Gasteiger partial charge >= 0.3 is 6.09 Å². The van der Waals surface area contributed by atoms with Gasteiger partial charge in [0.05, 0.1) is 12.8 Å². The quantitative estimate of drug-likeness (QED) is 0.822. The molecule has 0 bridgehead atoms. The molecule has 18 heavy (non-hydrogen) atoms. The van der Waals surface area contributed by atoms with Crippen molar-refractivity contribution in [2.45, 2.75) is 19.8 Å². The number of halogens is 1. The third kappa shape index (κ3) is 4.00. The molecular formula is C13H18FNO3. The second-order valence-electron chi connectivity index (χ2n) is 4.04. The van der Waals surface area contributed by atoms with Gasteiger partial charge in [0.25, 0.3) is 0 Å². The Balaban J connectivity index is 2.90. The number of aliphatic hydroxyl groups excluding tert-OH is 1. The number of methoxy groups -OCH3 is 1. The third-order valence-corrected chi connectivity index (χ3v) is 2.52. The fourth-order valence-electron chi connectivity index (χ4n) is 1.69. The van der Waals surface area contributed by atoms with E-state index in [1.54, 1.807) is 13.0 Å². The van der Waals surface area contributed by atoms with Crippen molar-refractivity contribution in [3.63, 3.8) is 0 Å². The SMILES string of the molecule is COC(=O)N(CCCCO)c1cc(C)cc(F)c1. The van der Waals surface area contributed by atoms with Crippen LogP contribution in [0.4, 0.5) is 14.9 Å². The van der Waals surface area contributed by atoms with E-state index in [9.17, 15) is 9.18 Å². The van der Waals surface area contributed by atoms with Crippen LogP contribution < -0.4 is 4.90 Å². The second-order valence-corrected chi connectivity index (χ2v) is 4.04. The zero-order valence-electron chi connectivity index (χ0n) is 10.6. The topological polar surface area (TPSA) is 49.8 Å². The number of amides is 1. The summed E-state index contributed by atoms with van der Waals surface area (Å²) >= 11 is 0. The Bertz CT molecular complexity index is 389. The molecule has 5 heteroatoms. The summed E-state index contributed by atoms with van der Waals surface area (Å²) in [5.74, 6) is -0.388. The first-order valence-electron chi connectivity index (χ1n) is 5.82. The van der Waals surface area contributed by atoms with Crippen LogP contribution in [0.5, 0.6) is 0 Å². The largest absolute Gasteiger partial charge is 0.452 e. The number of unbranched alkanes of at least 4 members (excludes halogenated alkanes) is 1. The van der Waals surface area contributed by atoms with E-state index >= 15 is 0 Å². The molecule has 0 aliphatic carbocycles. The Kier molecular flexibility index (Phi) is 5.58. The van der Waals surface area contributed by atoms with Crippen molar-refractivity contribution in [1.29, 1.82) is 0 Å². The number of benzene rings is 1. The molecule has 4 nitrogen and oxygen atoms in total. The highest BCUT2D eigenvalue weighted by molar-refractivity contribution is 5.87. The van der Waals surface area contributed by atoms with Crippen LogP contribution in [0.15, 0.2) is 18.2 Å². The van der Waals surface area contributed by atoms with Crippen molar-refractivity contribution in [2.75, 3.05) is 25.2 Å². The molecule has 100 valence electrons. The van der Waals surface area contributed by atoms with Crippen molar-refractivity contribution < 1.29 is 19.0 Å². The van der Waals surface area contributed by atoms with Crippen LogP contribution in [0.3, 0.4) is 0 Å². The second kappa shape index (κ2) is 6.96. The molecule has 0 fully saturated rings. The van der Waals surface area contributed by atoms with Gasteiger partial charge < -0.3 is 9.84 Å². The monoisotopic (exact) mass is 255 g/mol. The van der Waals surface area contributed by atoms with Crippen LogP contribution in [0.1, 0.15) is 18.4 Å². The summed E-state index contributed by atoms with van der Waals surface area (Å²) in [6.07, 6.45) is 0.682. The van der Waals surface area contributed by atoms with Gasteiger partial charge in [0, 0.05) is 13.2 Å². The van der Waals surface area contributed by atoms with Gasteiger partial charge in [-0.15, -0.1) is 0 Å². The fraction of sp³-hybridized carbons (Fsp3) is 0.462. The van der Waals surface area contributed by atoms with Crippen LogP contribution in [-0.4, -0.2) is 31.5 Å². The van der Waals surface area contributed by atoms with Gasteiger partial charge in [0.2, 0.25) is 0 Å². The van der Waals surface area contributed by atoms with E-state index in [0.29, 0.717) is 25.1 Å². The van der Waals surface area contributed by atoms with Crippen LogP contribution in [0, 0.1) is 12.7 Å². The minimum Gasteiger partial charge on any atom is -0.452 e. The minimum atomic E-state index is -0.530. The molecule has 1 rings (SSSR count). The number of hydrogen-bond donors (Lipinski definition) is 1. The molecule has 0 aliphatic heterocycles. The zero-order chi connectivity index (χ0) is 13.5. The first kappa shape index (κ1) is 14.4. The summed E-state index contributed by atoms with van der Waals surface area (Å²) in [4.78, 5) is 13.0. The molecule has 1 aromatic carbocycles. The highest BCUT2D eigenvalue weighted by atomic mass is 19.1. The molecule has 1 amide bonds. The lowest BCUT2D eigenvalue weighted by Crippen LogP contribution is -2.32. The number of aliphatic hydroxyl groups is 1. The van der Waals surface area contributed by atoms with Gasteiger partial charge in [-0.2, -0.15) is 0 Å². The van der Waals surface area contributed by atoms with Crippen molar-refractivity contribution >= 4 is 11.8 Å². The molecule has 0 spiro atoms. The number of ether oxygens (including phenoxy) is 1. The van der Waals surface area contributed by atoms with Crippen molar-refractivity contribution in [3.05, 3.63) is 29.6 Å². The molecule has 0 aromatic heterocycles. The molecule has 0 saturated heterocycles. The molecular weight excluding hydrogens is 237 g/mol.